The monoisotopic (exact) mass is 630 g/mol. The Hall–Kier alpha value is -3.38. The van der Waals surface area contributed by atoms with Crippen molar-refractivity contribution in [3.05, 3.63) is 73.3 Å². The van der Waals surface area contributed by atoms with Crippen LogP contribution in [0, 0.1) is 0 Å². The first-order valence-corrected chi connectivity index (χ1v) is 11.5. The van der Waals surface area contributed by atoms with E-state index in [1.54, 1.807) is 0 Å². The normalized spacial score (nSPS) is 10.9. The van der Waals surface area contributed by atoms with E-state index in [9.17, 15) is 0 Å². The molecule has 0 atom stereocenters. The average molecular weight is 632 g/mol. The molecule has 0 amide bonds. The molecule has 0 radical (unpaired) electrons. The van der Waals surface area contributed by atoms with Crippen LogP contribution in [0.15, 0.2) is 93.8 Å². The average Bonchev–Trinajstić information content (AvgIpc) is 3.37. The summed E-state index contributed by atoms with van der Waals surface area (Å²) in [4.78, 5) is 0. The molecule has 0 saturated heterocycles. The lowest BCUT2D eigenvalue weighted by Gasteiger charge is -2.08. The van der Waals surface area contributed by atoms with Crippen LogP contribution in [0.1, 0.15) is 6.42 Å². The predicted octanol–water partition coefficient (Wildman–Crippen LogP) is -1.23. The molecule has 4 rings (SSSR count). The molecule has 10 nitrogen and oxygen atoms in total. The number of hydrogen-bond acceptors (Lipinski definition) is 6. The largest absolute Gasteiger partial charge is 1.00 e. The number of imidazole rings is 2. The fourth-order valence-electron chi connectivity index (χ4n) is 3.50. The zero-order valence-electron chi connectivity index (χ0n) is 21.4. The minimum absolute atomic E-state index is 0. The summed E-state index contributed by atoms with van der Waals surface area (Å²) in [6, 6.07) is 15.9. The van der Waals surface area contributed by atoms with E-state index in [2.05, 4.69) is 31.1 Å². The minimum Gasteiger partial charge on any atom is -1.00 e. The van der Waals surface area contributed by atoms with Gasteiger partial charge in [-0.3, -0.25) is 0 Å². The smallest absolute Gasteiger partial charge is 0.421 e. The van der Waals surface area contributed by atoms with Crippen molar-refractivity contribution < 1.29 is 43.1 Å². The van der Waals surface area contributed by atoms with E-state index in [-0.39, 0.29) is 34.0 Å². The number of hydrogen-bond donors (Lipinski definition) is 2. The van der Waals surface area contributed by atoms with Gasteiger partial charge in [0.25, 0.3) is 0 Å². The van der Waals surface area contributed by atoms with Gasteiger partial charge in [-0.15, -0.1) is 0 Å². The third-order valence-electron chi connectivity index (χ3n) is 5.55. The molecule has 0 spiro atoms. The van der Waals surface area contributed by atoms with Crippen LogP contribution in [0.5, 0.6) is 0 Å². The maximum absolute atomic E-state index is 4.32. The highest BCUT2D eigenvalue weighted by Gasteiger charge is 2.11. The van der Waals surface area contributed by atoms with Gasteiger partial charge in [0.15, 0.2) is 0 Å². The molecule has 0 saturated carbocycles. The molecule has 0 aliphatic heterocycles. The highest BCUT2D eigenvalue weighted by molar-refractivity contribution is 5.51. The first-order chi connectivity index (χ1) is 17.0. The molecule has 2 aromatic heterocycles. The highest BCUT2D eigenvalue weighted by Crippen LogP contribution is 2.20. The number of nitrogens with one attached hydrogen (secondary N) is 2. The van der Waals surface area contributed by atoms with Crippen LogP contribution in [0.3, 0.4) is 0 Å². The van der Waals surface area contributed by atoms with Crippen LogP contribution in [-0.2, 0) is 28.2 Å². The van der Waals surface area contributed by atoms with Crippen LogP contribution in [0.25, 0.3) is 0 Å². The van der Waals surface area contributed by atoms with Crippen LogP contribution >= 0.6 is 0 Å². The summed E-state index contributed by atoms with van der Waals surface area (Å²) in [6.45, 7) is 1.74. The second-order valence-electron chi connectivity index (χ2n) is 8.34. The molecule has 2 heterocycles. The van der Waals surface area contributed by atoms with Crippen molar-refractivity contribution in [2.75, 3.05) is 23.7 Å². The van der Waals surface area contributed by atoms with Crippen molar-refractivity contribution in [2.24, 2.45) is 48.6 Å². The molecule has 0 aliphatic carbocycles. The highest BCUT2D eigenvalue weighted by atomic mass is 79.9. The molecule has 0 fully saturated rings. The van der Waals surface area contributed by atoms with Gasteiger partial charge in [-0.25, -0.2) is 18.3 Å². The minimum atomic E-state index is 0. The van der Waals surface area contributed by atoms with Gasteiger partial charge in [-0.05, 0) is 55.0 Å². The van der Waals surface area contributed by atoms with Crippen LogP contribution in [-0.4, -0.2) is 22.2 Å². The van der Waals surface area contributed by atoms with Crippen LogP contribution in [0.4, 0.5) is 34.6 Å². The van der Waals surface area contributed by atoms with Gasteiger partial charge in [0.1, 0.15) is 11.4 Å². The number of anilines is 2. The van der Waals surface area contributed by atoms with E-state index in [0.29, 0.717) is 0 Å². The number of halogens is 2. The Morgan fingerprint density at radius 2 is 1.00 bits per heavy atom. The van der Waals surface area contributed by atoms with Crippen molar-refractivity contribution in [2.45, 2.75) is 6.42 Å². The molecular formula is C25H32Br2N10. The van der Waals surface area contributed by atoms with E-state index in [1.807, 2.05) is 120 Å². The molecular weight excluding hydrogens is 600 g/mol. The summed E-state index contributed by atoms with van der Waals surface area (Å²) in [6.07, 6.45) is 8.78. The lowest BCUT2D eigenvalue weighted by molar-refractivity contribution is -0.657. The fourth-order valence-corrected chi connectivity index (χ4v) is 3.50. The Bertz CT molecular complexity index is 1170. The molecule has 0 unspecified atom stereocenters. The SMILES string of the molecule is Cn1cc[n+](C)c1N=Nc1ccc(NCCCNc2ccc(N=Nc3n(C)cc[n+]3C)cc2)cc1.[Br-].[Br-]. The number of nitrogens with zero attached hydrogens (tertiary/aromatic N) is 8. The summed E-state index contributed by atoms with van der Waals surface area (Å²) in [5, 5.41) is 24.2. The summed E-state index contributed by atoms with van der Waals surface area (Å²) in [7, 11) is 7.80. The third kappa shape index (κ3) is 8.32. The quantitative estimate of drug-likeness (QED) is 0.130. The second-order valence-corrected chi connectivity index (χ2v) is 8.34. The zero-order valence-corrected chi connectivity index (χ0v) is 24.6. The Labute approximate surface area is 238 Å². The van der Waals surface area contributed by atoms with Crippen molar-refractivity contribution in [3.63, 3.8) is 0 Å². The summed E-state index contributed by atoms with van der Waals surface area (Å²) < 4.78 is 7.72. The van der Waals surface area contributed by atoms with Crippen molar-refractivity contribution >= 4 is 34.6 Å². The van der Waals surface area contributed by atoms with E-state index in [0.717, 1.165) is 54.2 Å². The van der Waals surface area contributed by atoms with Crippen LogP contribution in [0.2, 0.25) is 0 Å². The van der Waals surface area contributed by atoms with E-state index >= 15 is 0 Å². The first-order valence-electron chi connectivity index (χ1n) is 11.5. The zero-order chi connectivity index (χ0) is 24.6. The second kappa shape index (κ2) is 14.4. The van der Waals surface area contributed by atoms with E-state index < -0.39 is 0 Å². The number of benzene rings is 2. The lowest BCUT2D eigenvalue weighted by Crippen LogP contribution is -3.00. The maximum Gasteiger partial charge on any atom is 0.421 e. The van der Waals surface area contributed by atoms with Crippen molar-refractivity contribution in [1.82, 2.24) is 9.13 Å². The molecule has 2 aromatic carbocycles. The van der Waals surface area contributed by atoms with Gasteiger partial charge in [-0.1, -0.05) is 10.2 Å². The summed E-state index contributed by atoms with van der Waals surface area (Å²) in [5.74, 6) is 1.58. The summed E-state index contributed by atoms with van der Waals surface area (Å²) in [5.41, 5.74) is 3.77. The number of azo groups is 2. The topological polar surface area (TPSA) is 91.1 Å². The first kappa shape index (κ1) is 29.8. The number of rotatable bonds is 10. The molecule has 2 N–H and O–H groups in total. The molecule has 0 bridgehead atoms. The Morgan fingerprint density at radius 1 is 0.622 bits per heavy atom. The van der Waals surface area contributed by atoms with Gasteiger partial charge in [0.2, 0.25) is 0 Å². The Kier molecular flexibility index (Phi) is 11.6. The number of aromatic nitrogens is 4. The van der Waals surface area contributed by atoms with Crippen molar-refractivity contribution in [1.29, 1.82) is 0 Å². The van der Waals surface area contributed by atoms with E-state index in [4.69, 9.17) is 0 Å². The summed E-state index contributed by atoms with van der Waals surface area (Å²) >= 11 is 0. The Balaban J connectivity index is 0.00000241. The standard InChI is InChI=1S/C25H30N10.2BrH/c1-32-16-17-33(2)24(32)30-28-22-10-6-20(7-11-22)26-14-5-15-27-21-8-12-23(13-9-21)29-31-25-34(3)18-19-35(25)4;;/h6-13,16-19H,5,14-15H2,1-4H3;2*1H. The van der Waals surface area contributed by atoms with Gasteiger partial charge in [-0.2, -0.15) is 0 Å². The third-order valence-corrected chi connectivity index (χ3v) is 5.55. The van der Waals surface area contributed by atoms with Gasteiger partial charge < -0.3 is 44.6 Å². The fraction of sp³-hybridized carbons (Fsp3) is 0.280. The van der Waals surface area contributed by atoms with Crippen molar-refractivity contribution in [3.8, 4) is 0 Å². The molecule has 4 aromatic rings. The van der Waals surface area contributed by atoms with Gasteiger partial charge >= 0.3 is 11.9 Å². The molecule has 0 aliphatic rings. The van der Waals surface area contributed by atoms with Gasteiger partial charge in [0, 0.05) is 34.7 Å². The molecule has 12 heteroatoms. The lowest BCUT2D eigenvalue weighted by atomic mass is 10.2. The predicted molar refractivity (Wildman–Crippen MR) is 136 cm³/mol. The van der Waals surface area contributed by atoms with Gasteiger partial charge in [0.05, 0.1) is 53.0 Å². The maximum atomic E-state index is 4.32. The number of aryl methyl sites for hydroxylation is 4. The van der Waals surface area contributed by atoms with Crippen LogP contribution < -0.4 is 53.7 Å². The van der Waals surface area contributed by atoms with E-state index in [1.165, 1.54) is 0 Å². The molecule has 196 valence electrons. The molecule has 37 heavy (non-hydrogen) atoms. The Morgan fingerprint density at radius 3 is 1.32 bits per heavy atom.